The molecule has 176 valence electrons. The fourth-order valence-corrected chi connectivity index (χ4v) is 4.43. The van der Waals surface area contributed by atoms with Crippen LogP contribution in [0.15, 0.2) is 48.8 Å². The molecule has 1 amide bonds. The van der Waals surface area contributed by atoms with Gasteiger partial charge in [-0.1, -0.05) is 30.3 Å². The Balaban J connectivity index is 1.42. The monoisotopic (exact) mass is 496 g/mol. The van der Waals surface area contributed by atoms with Gasteiger partial charge in [0.2, 0.25) is 5.95 Å². The first kappa shape index (κ1) is 23.8. The van der Waals surface area contributed by atoms with E-state index >= 15 is 0 Å². The first-order chi connectivity index (χ1) is 16.3. The van der Waals surface area contributed by atoms with Gasteiger partial charge in [0.25, 0.3) is 5.91 Å². The van der Waals surface area contributed by atoms with Gasteiger partial charge in [-0.05, 0) is 43.8 Å². The number of halogens is 1. The highest BCUT2D eigenvalue weighted by Crippen LogP contribution is 2.35. The number of fused-ring (bicyclic) bond motifs is 1. The zero-order valence-electron chi connectivity index (χ0n) is 19.0. The minimum atomic E-state index is -0.325. The van der Waals surface area contributed by atoms with Gasteiger partial charge in [0.05, 0.1) is 10.6 Å². The predicted molar refractivity (Wildman–Crippen MR) is 138 cm³/mol. The largest absolute Gasteiger partial charge is 0.345 e. The number of amides is 1. The molecule has 0 spiro atoms. The molecule has 0 atom stereocenters. The van der Waals surface area contributed by atoms with E-state index in [1.165, 1.54) is 6.92 Å². The van der Waals surface area contributed by atoms with Crippen molar-refractivity contribution in [3.05, 3.63) is 65.0 Å². The van der Waals surface area contributed by atoms with Crippen LogP contribution in [0.5, 0.6) is 0 Å². The number of anilines is 2. The van der Waals surface area contributed by atoms with Gasteiger partial charge < -0.3 is 14.7 Å². The predicted octanol–water partition coefficient (Wildman–Crippen LogP) is 3.29. The van der Waals surface area contributed by atoms with Gasteiger partial charge in [0.15, 0.2) is 10.9 Å². The Morgan fingerprint density at radius 3 is 2.56 bits per heavy atom. The van der Waals surface area contributed by atoms with Crippen LogP contribution in [0.25, 0.3) is 5.57 Å². The molecule has 1 N–H and O–H groups in total. The molecule has 1 aromatic heterocycles. The third-order valence-electron chi connectivity index (χ3n) is 5.87. The lowest BCUT2D eigenvalue weighted by Crippen LogP contribution is -2.53. The quantitative estimate of drug-likeness (QED) is 0.646. The summed E-state index contributed by atoms with van der Waals surface area (Å²) in [6.45, 7) is 10.8. The number of piperazine rings is 1. The summed E-state index contributed by atoms with van der Waals surface area (Å²) in [5.41, 5.74) is 2.37. The van der Waals surface area contributed by atoms with E-state index in [1.54, 1.807) is 30.5 Å². The third-order valence-corrected chi connectivity index (χ3v) is 6.56. The van der Waals surface area contributed by atoms with Crippen molar-refractivity contribution in [1.29, 1.82) is 0 Å². The molecule has 2 aliphatic heterocycles. The van der Waals surface area contributed by atoms with Crippen LogP contribution in [0.3, 0.4) is 0 Å². The molecule has 8 nitrogen and oxygen atoms in total. The van der Waals surface area contributed by atoms with Crippen molar-refractivity contribution in [1.82, 2.24) is 20.2 Å². The number of thiocarbonyl (C=S) groups is 1. The molecule has 2 aromatic rings. The average molecular weight is 497 g/mol. The smallest absolute Gasteiger partial charge is 0.258 e. The lowest BCUT2D eigenvalue weighted by molar-refractivity contribution is -0.113. The topological polar surface area (TPSA) is 81.7 Å². The summed E-state index contributed by atoms with van der Waals surface area (Å²) in [5, 5.41) is 3.52. The number of carbonyl (C=O) groups excluding carboxylic acids is 2. The second kappa shape index (κ2) is 9.90. The van der Waals surface area contributed by atoms with Crippen molar-refractivity contribution in [3.63, 3.8) is 0 Å². The SMILES string of the molecule is C=C1C(C(C)=O)=CN(CC)c2nc(N3CCN(C(=S)NC(=O)c4ccccc4Cl)CC3)ncc21. The highest BCUT2D eigenvalue weighted by atomic mass is 35.5. The fourth-order valence-electron chi connectivity index (χ4n) is 3.93. The van der Waals surface area contributed by atoms with E-state index in [2.05, 4.69) is 21.8 Å². The van der Waals surface area contributed by atoms with Gasteiger partial charge in [-0.15, -0.1) is 0 Å². The number of ketones is 1. The number of rotatable bonds is 4. The maximum Gasteiger partial charge on any atom is 0.258 e. The van der Waals surface area contributed by atoms with Gasteiger partial charge >= 0.3 is 0 Å². The first-order valence-electron chi connectivity index (χ1n) is 11.0. The molecule has 0 saturated carbocycles. The Bertz CT molecular complexity index is 1210. The fraction of sp³-hybridized carbons (Fsp3) is 0.292. The summed E-state index contributed by atoms with van der Waals surface area (Å²) in [6, 6.07) is 6.86. The van der Waals surface area contributed by atoms with Crippen LogP contribution in [-0.4, -0.2) is 64.4 Å². The van der Waals surface area contributed by atoms with E-state index in [9.17, 15) is 9.59 Å². The first-order valence-corrected chi connectivity index (χ1v) is 11.7. The molecular weight excluding hydrogens is 472 g/mol. The number of hydrogen-bond donors (Lipinski definition) is 1. The Morgan fingerprint density at radius 2 is 1.91 bits per heavy atom. The van der Waals surface area contributed by atoms with E-state index in [0.717, 1.165) is 11.4 Å². The zero-order valence-corrected chi connectivity index (χ0v) is 20.6. The molecule has 0 aliphatic carbocycles. The Labute approximate surface area is 208 Å². The van der Waals surface area contributed by atoms with Crippen LogP contribution in [0.2, 0.25) is 5.02 Å². The molecule has 3 heterocycles. The van der Waals surface area contributed by atoms with Crippen molar-refractivity contribution in [2.75, 3.05) is 42.5 Å². The average Bonchev–Trinajstić information content (AvgIpc) is 2.84. The molecule has 1 fully saturated rings. The molecule has 0 radical (unpaired) electrons. The van der Waals surface area contributed by atoms with Crippen molar-refractivity contribution in [2.45, 2.75) is 13.8 Å². The number of benzene rings is 1. The molecule has 0 bridgehead atoms. The van der Waals surface area contributed by atoms with Gasteiger partial charge in [-0.2, -0.15) is 4.98 Å². The molecule has 2 aliphatic rings. The number of carbonyl (C=O) groups is 2. The van der Waals surface area contributed by atoms with Crippen molar-refractivity contribution >= 4 is 58.0 Å². The summed E-state index contributed by atoms with van der Waals surface area (Å²) in [6.07, 6.45) is 3.54. The Kier molecular flexibility index (Phi) is 6.95. The summed E-state index contributed by atoms with van der Waals surface area (Å²) in [4.78, 5) is 39.8. The molecule has 10 heteroatoms. The maximum atomic E-state index is 12.5. The summed E-state index contributed by atoms with van der Waals surface area (Å²) < 4.78 is 0. The number of allylic oxidation sites excluding steroid dienone is 2. The highest BCUT2D eigenvalue weighted by molar-refractivity contribution is 7.80. The molecule has 4 rings (SSSR count). The van der Waals surface area contributed by atoms with Crippen molar-refractivity contribution < 1.29 is 9.59 Å². The summed E-state index contributed by atoms with van der Waals surface area (Å²) in [5.74, 6) is 0.989. The number of hydrogen-bond acceptors (Lipinski definition) is 7. The number of Topliss-reactive ketones (excluding diaryl/α,β-unsaturated/α-hetero) is 1. The van der Waals surface area contributed by atoms with Crippen LogP contribution >= 0.6 is 23.8 Å². The van der Waals surface area contributed by atoms with Gasteiger partial charge in [0.1, 0.15) is 5.82 Å². The Hall–Kier alpha value is -3.30. The number of nitrogens with one attached hydrogen (secondary N) is 1. The lowest BCUT2D eigenvalue weighted by atomic mass is 9.96. The molecule has 0 unspecified atom stereocenters. The minimum Gasteiger partial charge on any atom is -0.345 e. The van der Waals surface area contributed by atoms with E-state index in [-0.39, 0.29) is 11.7 Å². The number of aromatic nitrogens is 2. The van der Waals surface area contributed by atoms with E-state index in [1.807, 2.05) is 22.9 Å². The minimum absolute atomic E-state index is 0.0353. The normalized spacial score (nSPS) is 15.6. The molecule has 34 heavy (non-hydrogen) atoms. The van der Waals surface area contributed by atoms with Crippen LogP contribution in [0.1, 0.15) is 29.8 Å². The van der Waals surface area contributed by atoms with E-state index < -0.39 is 0 Å². The van der Waals surface area contributed by atoms with Crippen molar-refractivity contribution in [2.24, 2.45) is 0 Å². The van der Waals surface area contributed by atoms with Crippen LogP contribution < -0.4 is 15.1 Å². The van der Waals surface area contributed by atoms with E-state index in [4.69, 9.17) is 28.8 Å². The zero-order chi connectivity index (χ0) is 24.4. The second-order valence-corrected chi connectivity index (χ2v) is 8.78. The molecule has 1 saturated heterocycles. The van der Waals surface area contributed by atoms with Gasteiger partial charge in [-0.3, -0.25) is 14.9 Å². The summed E-state index contributed by atoms with van der Waals surface area (Å²) >= 11 is 11.6. The number of nitrogens with zero attached hydrogens (tertiary/aromatic N) is 5. The van der Waals surface area contributed by atoms with Crippen LogP contribution in [-0.2, 0) is 4.79 Å². The molecular formula is C24H25ClN6O2S. The third kappa shape index (κ3) is 4.67. The standard InChI is InChI=1S/C24H25ClN6O2S/c1-4-29-14-19(16(3)32)15(2)18-13-26-23(27-21(18)29)30-9-11-31(12-10-30)24(34)28-22(33)17-7-5-6-8-20(17)25/h5-8,13-14H,2,4,9-12H2,1,3H3,(H,28,33,34). The van der Waals surface area contributed by atoms with Crippen molar-refractivity contribution in [3.8, 4) is 0 Å². The maximum absolute atomic E-state index is 12.5. The highest BCUT2D eigenvalue weighted by Gasteiger charge is 2.27. The second-order valence-electron chi connectivity index (χ2n) is 7.98. The summed E-state index contributed by atoms with van der Waals surface area (Å²) in [7, 11) is 0. The van der Waals surface area contributed by atoms with Crippen LogP contribution in [0.4, 0.5) is 11.8 Å². The Morgan fingerprint density at radius 1 is 1.21 bits per heavy atom. The van der Waals surface area contributed by atoms with Gasteiger partial charge in [0, 0.05) is 56.3 Å². The van der Waals surface area contributed by atoms with Crippen LogP contribution in [0, 0.1) is 0 Å². The van der Waals surface area contributed by atoms with E-state index in [0.29, 0.717) is 65.5 Å². The molecule has 1 aromatic carbocycles. The lowest BCUT2D eigenvalue weighted by Gasteiger charge is -2.36. The van der Waals surface area contributed by atoms with Gasteiger partial charge in [-0.25, -0.2) is 4.98 Å².